The molecule has 1 aromatic heterocycles. The lowest BCUT2D eigenvalue weighted by Crippen LogP contribution is -2.48. The number of aromatic nitrogens is 2. The minimum absolute atomic E-state index is 0.231. The summed E-state index contributed by atoms with van der Waals surface area (Å²) in [5.74, 6) is 0. The molecule has 0 saturated carbocycles. The molecule has 2 rings (SSSR count). The van der Waals surface area contributed by atoms with E-state index in [9.17, 15) is 0 Å². The van der Waals surface area contributed by atoms with Gasteiger partial charge in [-0.15, -0.1) is 0 Å². The molecule has 1 aliphatic rings. The quantitative estimate of drug-likeness (QED) is 0.848. The number of likely N-dealkylation sites (tertiary alicyclic amines) is 1. The predicted octanol–water partition coefficient (Wildman–Crippen LogP) is 1.60. The summed E-state index contributed by atoms with van der Waals surface area (Å²) in [5, 5.41) is 4.45. The third kappa shape index (κ3) is 2.38. The van der Waals surface area contributed by atoms with Crippen LogP contribution in [0.3, 0.4) is 0 Å². The second-order valence-electron chi connectivity index (χ2n) is 5.43. The molecule has 0 aromatic carbocycles. The van der Waals surface area contributed by atoms with Crippen molar-refractivity contribution < 1.29 is 0 Å². The van der Waals surface area contributed by atoms with Crippen molar-refractivity contribution >= 4 is 0 Å². The van der Waals surface area contributed by atoms with E-state index in [1.54, 1.807) is 0 Å². The summed E-state index contributed by atoms with van der Waals surface area (Å²) in [6, 6.07) is 1.09. The standard InChI is InChI=1S/C13H24N4/c1-9(2)17-7-5-6-12(14)13(17)11-8-16(4)15-10(11)3/h8-9,12-13H,5-7,14H2,1-4H3. The number of nitrogens with zero attached hydrogens (tertiary/aromatic N) is 3. The van der Waals surface area contributed by atoms with E-state index in [0.29, 0.717) is 12.1 Å². The van der Waals surface area contributed by atoms with E-state index in [-0.39, 0.29) is 6.04 Å². The lowest BCUT2D eigenvalue weighted by atomic mass is 9.90. The summed E-state index contributed by atoms with van der Waals surface area (Å²) in [6.45, 7) is 7.72. The summed E-state index contributed by atoms with van der Waals surface area (Å²) in [7, 11) is 1.98. The van der Waals surface area contributed by atoms with Crippen LogP contribution >= 0.6 is 0 Å². The van der Waals surface area contributed by atoms with Gasteiger partial charge in [0.05, 0.1) is 11.7 Å². The molecule has 1 saturated heterocycles. The lowest BCUT2D eigenvalue weighted by molar-refractivity contribution is 0.0943. The van der Waals surface area contributed by atoms with Crippen molar-refractivity contribution in [2.45, 2.75) is 51.7 Å². The van der Waals surface area contributed by atoms with Crippen LogP contribution in [-0.4, -0.2) is 33.3 Å². The fourth-order valence-electron chi connectivity index (χ4n) is 2.95. The largest absolute Gasteiger partial charge is 0.326 e. The van der Waals surface area contributed by atoms with E-state index in [2.05, 4.69) is 37.0 Å². The Morgan fingerprint density at radius 3 is 2.71 bits per heavy atom. The van der Waals surface area contributed by atoms with Crippen molar-refractivity contribution in [2.75, 3.05) is 6.54 Å². The fraction of sp³-hybridized carbons (Fsp3) is 0.769. The summed E-state index contributed by atoms with van der Waals surface area (Å²) < 4.78 is 1.89. The Morgan fingerprint density at radius 2 is 2.18 bits per heavy atom. The van der Waals surface area contributed by atoms with Crippen LogP contribution in [0.25, 0.3) is 0 Å². The third-order valence-electron chi connectivity index (χ3n) is 3.75. The molecule has 2 heterocycles. The maximum absolute atomic E-state index is 6.34. The van der Waals surface area contributed by atoms with E-state index in [1.807, 2.05) is 11.7 Å². The van der Waals surface area contributed by atoms with Crippen LogP contribution in [0.2, 0.25) is 0 Å². The first-order valence-electron chi connectivity index (χ1n) is 6.52. The Labute approximate surface area is 104 Å². The van der Waals surface area contributed by atoms with Gasteiger partial charge in [0, 0.05) is 30.9 Å². The van der Waals surface area contributed by atoms with Crippen LogP contribution in [0.15, 0.2) is 6.20 Å². The average molecular weight is 236 g/mol. The van der Waals surface area contributed by atoms with Crippen LogP contribution in [-0.2, 0) is 7.05 Å². The molecule has 1 aromatic rings. The summed E-state index contributed by atoms with van der Waals surface area (Å²) in [4.78, 5) is 2.51. The fourth-order valence-corrected chi connectivity index (χ4v) is 2.95. The van der Waals surface area contributed by atoms with E-state index in [1.165, 1.54) is 12.0 Å². The van der Waals surface area contributed by atoms with Gasteiger partial charge in [-0.05, 0) is 40.2 Å². The van der Waals surface area contributed by atoms with Crippen LogP contribution in [0.1, 0.15) is 44.0 Å². The maximum atomic E-state index is 6.34. The van der Waals surface area contributed by atoms with Gasteiger partial charge in [0.1, 0.15) is 0 Å². The zero-order valence-corrected chi connectivity index (χ0v) is 11.3. The monoisotopic (exact) mass is 236 g/mol. The van der Waals surface area contributed by atoms with Crippen molar-refractivity contribution in [2.24, 2.45) is 12.8 Å². The molecule has 0 spiro atoms. The van der Waals surface area contributed by atoms with E-state index in [4.69, 9.17) is 5.73 Å². The molecule has 4 nitrogen and oxygen atoms in total. The molecule has 17 heavy (non-hydrogen) atoms. The summed E-state index contributed by atoms with van der Waals surface area (Å²) in [5.41, 5.74) is 8.75. The van der Waals surface area contributed by atoms with Crippen molar-refractivity contribution in [1.82, 2.24) is 14.7 Å². The van der Waals surface area contributed by atoms with Crippen molar-refractivity contribution in [3.63, 3.8) is 0 Å². The first kappa shape index (κ1) is 12.6. The molecule has 0 amide bonds. The number of hydrogen-bond donors (Lipinski definition) is 1. The van der Waals surface area contributed by atoms with Gasteiger partial charge in [0.2, 0.25) is 0 Å². The topological polar surface area (TPSA) is 47.1 Å². The number of hydrogen-bond acceptors (Lipinski definition) is 3. The highest BCUT2D eigenvalue weighted by atomic mass is 15.3. The van der Waals surface area contributed by atoms with Crippen molar-refractivity contribution in [3.8, 4) is 0 Å². The molecule has 2 N–H and O–H groups in total. The number of piperidine rings is 1. The average Bonchev–Trinajstić information content (AvgIpc) is 2.57. The number of nitrogens with two attached hydrogens (primary N) is 1. The molecule has 2 atom stereocenters. The Morgan fingerprint density at radius 1 is 1.47 bits per heavy atom. The van der Waals surface area contributed by atoms with Gasteiger partial charge in [-0.25, -0.2) is 0 Å². The lowest BCUT2D eigenvalue weighted by Gasteiger charge is -2.42. The van der Waals surface area contributed by atoms with E-state index >= 15 is 0 Å². The Balaban J connectivity index is 2.34. The first-order valence-corrected chi connectivity index (χ1v) is 6.52. The predicted molar refractivity (Wildman–Crippen MR) is 69.7 cm³/mol. The molecule has 1 aliphatic heterocycles. The number of aryl methyl sites for hydroxylation is 2. The van der Waals surface area contributed by atoms with Crippen LogP contribution < -0.4 is 5.73 Å². The van der Waals surface area contributed by atoms with Gasteiger partial charge >= 0.3 is 0 Å². The van der Waals surface area contributed by atoms with Crippen molar-refractivity contribution in [1.29, 1.82) is 0 Å². The van der Waals surface area contributed by atoms with Crippen LogP contribution in [0, 0.1) is 6.92 Å². The summed E-state index contributed by atoms with van der Waals surface area (Å²) >= 11 is 0. The molecule has 0 bridgehead atoms. The molecule has 4 heteroatoms. The second-order valence-corrected chi connectivity index (χ2v) is 5.43. The molecular formula is C13H24N4. The summed E-state index contributed by atoms with van der Waals surface area (Å²) in [6.07, 6.45) is 4.44. The molecule has 1 fully saturated rings. The molecule has 96 valence electrons. The highest BCUT2D eigenvalue weighted by Crippen LogP contribution is 2.32. The zero-order valence-electron chi connectivity index (χ0n) is 11.3. The Kier molecular flexibility index (Phi) is 3.54. The zero-order chi connectivity index (χ0) is 12.6. The first-order chi connectivity index (χ1) is 8.00. The van der Waals surface area contributed by atoms with Gasteiger partial charge < -0.3 is 5.73 Å². The molecule has 2 unspecified atom stereocenters. The minimum Gasteiger partial charge on any atom is -0.326 e. The Hall–Kier alpha value is -0.870. The van der Waals surface area contributed by atoms with Gasteiger partial charge in [-0.3, -0.25) is 9.58 Å². The molecule has 0 radical (unpaired) electrons. The van der Waals surface area contributed by atoms with Crippen molar-refractivity contribution in [3.05, 3.63) is 17.5 Å². The number of rotatable bonds is 2. The van der Waals surface area contributed by atoms with Crippen LogP contribution in [0.5, 0.6) is 0 Å². The third-order valence-corrected chi connectivity index (χ3v) is 3.75. The highest BCUT2D eigenvalue weighted by Gasteiger charge is 2.33. The van der Waals surface area contributed by atoms with Crippen LogP contribution in [0.4, 0.5) is 0 Å². The maximum Gasteiger partial charge on any atom is 0.0642 e. The normalized spacial score (nSPS) is 26.7. The van der Waals surface area contributed by atoms with Gasteiger partial charge in [-0.2, -0.15) is 5.10 Å². The molecular weight excluding hydrogens is 212 g/mol. The van der Waals surface area contributed by atoms with E-state index in [0.717, 1.165) is 18.7 Å². The SMILES string of the molecule is Cc1nn(C)cc1C1C(N)CCCN1C(C)C. The highest BCUT2D eigenvalue weighted by molar-refractivity contribution is 5.23. The molecule has 0 aliphatic carbocycles. The second kappa shape index (κ2) is 4.78. The minimum atomic E-state index is 0.231. The van der Waals surface area contributed by atoms with Gasteiger partial charge in [0.25, 0.3) is 0 Å². The van der Waals surface area contributed by atoms with Gasteiger partial charge in [-0.1, -0.05) is 0 Å². The van der Waals surface area contributed by atoms with E-state index < -0.39 is 0 Å². The van der Waals surface area contributed by atoms with Gasteiger partial charge in [0.15, 0.2) is 0 Å². The Bertz CT molecular complexity index is 383. The smallest absolute Gasteiger partial charge is 0.0642 e.